The molecule has 0 saturated carbocycles. The molecule has 1 aliphatic heterocycles. The van der Waals surface area contributed by atoms with Crippen LogP contribution in [0.4, 0.5) is 0 Å². The highest BCUT2D eigenvalue weighted by atomic mass is 16.5. The van der Waals surface area contributed by atoms with Crippen LogP contribution >= 0.6 is 0 Å². The van der Waals surface area contributed by atoms with Crippen LogP contribution in [0.5, 0.6) is 0 Å². The number of ether oxygens (including phenoxy) is 1. The van der Waals surface area contributed by atoms with Gasteiger partial charge in [0.25, 0.3) is 0 Å². The lowest BCUT2D eigenvalue weighted by atomic mass is 9.85. The standard InChI is InChI=1S/C26H37NO/c1-13-15(3)19(7)25(20(8)16(13)4)23-11-27-12-24(28-23)26-21(9)17(5)14(2)18(6)22(26)10/h23-24,27H,11-12H2,1-10H3. The molecule has 1 heterocycles. The van der Waals surface area contributed by atoms with E-state index in [4.69, 9.17) is 4.74 Å². The molecule has 2 heteroatoms. The highest BCUT2D eigenvalue weighted by Crippen LogP contribution is 2.39. The highest BCUT2D eigenvalue weighted by molar-refractivity contribution is 5.52. The van der Waals surface area contributed by atoms with Crippen molar-refractivity contribution in [2.24, 2.45) is 0 Å². The van der Waals surface area contributed by atoms with Gasteiger partial charge in [-0.25, -0.2) is 0 Å². The Kier molecular flexibility index (Phi) is 5.76. The first-order valence-electron chi connectivity index (χ1n) is 10.6. The molecule has 0 radical (unpaired) electrons. The molecule has 0 aromatic heterocycles. The highest BCUT2D eigenvalue weighted by Gasteiger charge is 2.30. The minimum atomic E-state index is 0.0949. The predicted molar refractivity (Wildman–Crippen MR) is 120 cm³/mol. The van der Waals surface area contributed by atoms with Gasteiger partial charge in [-0.15, -0.1) is 0 Å². The van der Waals surface area contributed by atoms with Gasteiger partial charge in [-0.05, 0) is 136 Å². The van der Waals surface area contributed by atoms with Crippen molar-refractivity contribution in [1.82, 2.24) is 5.32 Å². The molecule has 2 atom stereocenters. The predicted octanol–water partition coefficient (Wildman–Crippen LogP) is 6.17. The summed E-state index contributed by atoms with van der Waals surface area (Å²) < 4.78 is 6.82. The Morgan fingerprint density at radius 3 is 1.00 bits per heavy atom. The Morgan fingerprint density at radius 2 is 0.714 bits per heavy atom. The Balaban J connectivity index is 2.07. The van der Waals surface area contributed by atoms with E-state index in [9.17, 15) is 0 Å². The fourth-order valence-electron chi connectivity index (χ4n) is 5.00. The first kappa shape index (κ1) is 21.1. The van der Waals surface area contributed by atoms with Gasteiger partial charge < -0.3 is 10.1 Å². The maximum atomic E-state index is 6.82. The molecule has 152 valence electrons. The minimum absolute atomic E-state index is 0.0949. The molecule has 2 aromatic rings. The van der Waals surface area contributed by atoms with E-state index in [-0.39, 0.29) is 12.2 Å². The van der Waals surface area contributed by atoms with Gasteiger partial charge in [-0.3, -0.25) is 0 Å². The molecule has 28 heavy (non-hydrogen) atoms. The molecule has 0 bridgehead atoms. The summed E-state index contributed by atoms with van der Waals surface area (Å²) in [4.78, 5) is 0. The van der Waals surface area contributed by atoms with E-state index in [0.29, 0.717) is 0 Å². The zero-order chi connectivity index (χ0) is 20.9. The zero-order valence-corrected chi connectivity index (χ0v) is 19.5. The van der Waals surface area contributed by atoms with Crippen molar-refractivity contribution >= 4 is 0 Å². The first-order valence-corrected chi connectivity index (χ1v) is 10.6. The molecule has 2 unspecified atom stereocenters. The van der Waals surface area contributed by atoms with Gasteiger partial charge in [0.15, 0.2) is 0 Å². The molecule has 3 rings (SSSR count). The summed E-state index contributed by atoms with van der Waals surface area (Å²) in [5.41, 5.74) is 16.7. The van der Waals surface area contributed by atoms with E-state index in [0.717, 1.165) is 13.1 Å². The smallest absolute Gasteiger partial charge is 0.0963 e. The third-order valence-electron chi connectivity index (χ3n) is 7.75. The molecular formula is C26H37NO. The summed E-state index contributed by atoms with van der Waals surface area (Å²) in [6, 6.07) is 0. The van der Waals surface area contributed by atoms with Gasteiger partial charge in [0.05, 0.1) is 12.2 Å². The van der Waals surface area contributed by atoms with Gasteiger partial charge in [-0.1, -0.05) is 0 Å². The number of morpholine rings is 1. The lowest BCUT2D eigenvalue weighted by molar-refractivity contribution is -0.0418. The topological polar surface area (TPSA) is 21.3 Å². The van der Waals surface area contributed by atoms with E-state index in [2.05, 4.69) is 74.6 Å². The maximum absolute atomic E-state index is 6.82. The van der Waals surface area contributed by atoms with Crippen LogP contribution in [-0.4, -0.2) is 13.1 Å². The molecule has 1 fully saturated rings. The minimum Gasteiger partial charge on any atom is -0.363 e. The largest absolute Gasteiger partial charge is 0.363 e. The second kappa shape index (κ2) is 7.65. The number of nitrogens with one attached hydrogen (secondary N) is 1. The SMILES string of the molecule is Cc1c(C)c(C)c(C2CNCC(c3c(C)c(C)c(C)c(C)c3C)O2)c(C)c1C. The molecule has 2 aromatic carbocycles. The molecular weight excluding hydrogens is 342 g/mol. The molecule has 0 amide bonds. The van der Waals surface area contributed by atoms with Crippen molar-refractivity contribution in [3.63, 3.8) is 0 Å². The van der Waals surface area contributed by atoms with Crippen LogP contribution in [0.15, 0.2) is 0 Å². The number of hydrogen-bond donors (Lipinski definition) is 1. The van der Waals surface area contributed by atoms with Crippen LogP contribution in [0.1, 0.15) is 79.0 Å². The Labute approximate surface area is 171 Å². The Morgan fingerprint density at radius 1 is 0.464 bits per heavy atom. The molecule has 0 aliphatic carbocycles. The molecule has 1 aliphatic rings. The molecule has 1 saturated heterocycles. The van der Waals surface area contributed by atoms with Crippen LogP contribution in [0, 0.1) is 69.2 Å². The zero-order valence-electron chi connectivity index (χ0n) is 19.5. The first-order chi connectivity index (χ1) is 13.1. The summed E-state index contributed by atoms with van der Waals surface area (Å²) >= 11 is 0. The van der Waals surface area contributed by atoms with Crippen LogP contribution in [0.25, 0.3) is 0 Å². The summed E-state index contributed by atoms with van der Waals surface area (Å²) in [5.74, 6) is 0. The third kappa shape index (κ3) is 3.21. The normalized spacial score (nSPS) is 19.9. The average molecular weight is 380 g/mol. The number of rotatable bonds is 2. The van der Waals surface area contributed by atoms with Crippen molar-refractivity contribution in [3.05, 3.63) is 66.8 Å². The van der Waals surface area contributed by atoms with Gasteiger partial charge in [0.1, 0.15) is 0 Å². The van der Waals surface area contributed by atoms with E-state index < -0.39 is 0 Å². The van der Waals surface area contributed by atoms with Gasteiger partial charge in [0.2, 0.25) is 0 Å². The van der Waals surface area contributed by atoms with Crippen LogP contribution in [0.3, 0.4) is 0 Å². The molecule has 0 spiro atoms. The van der Waals surface area contributed by atoms with Crippen molar-refractivity contribution < 1.29 is 4.74 Å². The summed E-state index contributed by atoms with van der Waals surface area (Å²) in [6.07, 6.45) is 0.190. The maximum Gasteiger partial charge on any atom is 0.0963 e. The van der Waals surface area contributed by atoms with E-state index in [1.807, 2.05) is 0 Å². The summed E-state index contributed by atoms with van der Waals surface area (Å²) in [6.45, 7) is 24.2. The fraction of sp³-hybridized carbons (Fsp3) is 0.538. The monoisotopic (exact) mass is 379 g/mol. The van der Waals surface area contributed by atoms with Gasteiger partial charge in [-0.2, -0.15) is 0 Å². The lowest BCUT2D eigenvalue weighted by Crippen LogP contribution is -2.37. The number of benzene rings is 2. The van der Waals surface area contributed by atoms with Crippen LogP contribution in [0.2, 0.25) is 0 Å². The van der Waals surface area contributed by atoms with E-state index in [1.54, 1.807) is 0 Å². The number of hydrogen-bond acceptors (Lipinski definition) is 2. The van der Waals surface area contributed by atoms with Crippen molar-refractivity contribution in [2.45, 2.75) is 81.4 Å². The second-order valence-corrected chi connectivity index (χ2v) is 8.85. The van der Waals surface area contributed by atoms with Gasteiger partial charge in [0, 0.05) is 13.1 Å². The second-order valence-electron chi connectivity index (χ2n) is 8.85. The Hall–Kier alpha value is -1.64. The molecule has 1 N–H and O–H groups in total. The van der Waals surface area contributed by atoms with Crippen molar-refractivity contribution in [3.8, 4) is 0 Å². The average Bonchev–Trinajstić information content (AvgIpc) is 2.68. The lowest BCUT2D eigenvalue weighted by Gasteiger charge is -2.36. The fourth-order valence-corrected chi connectivity index (χ4v) is 5.00. The summed E-state index contributed by atoms with van der Waals surface area (Å²) in [7, 11) is 0. The Bertz CT molecular complexity index is 805. The molecule has 2 nitrogen and oxygen atoms in total. The van der Waals surface area contributed by atoms with Crippen LogP contribution < -0.4 is 5.32 Å². The van der Waals surface area contributed by atoms with Crippen LogP contribution in [-0.2, 0) is 4.74 Å². The quantitative estimate of drug-likeness (QED) is 0.673. The van der Waals surface area contributed by atoms with E-state index >= 15 is 0 Å². The van der Waals surface area contributed by atoms with Crippen molar-refractivity contribution in [1.29, 1.82) is 0 Å². The van der Waals surface area contributed by atoms with Crippen molar-refractivity contribution in [2.75, 3.05) is 13.1 Å². The van der Waals surface area contributed by atoms with Gasteiger partial charge >= 0.3 is 0 Å². The summed E-state index contributed by atoms with van der Waals surface area (Å²) in [5, 5.41) is 3.67. The van der Waals surface area contributed by atoms with E-state index in [1.165, 1.54) is 66.8 Å². The third-order valence-corrected chi connectivity index (χ3v) is 7.75.